The highest BCUT2D eigenvalue weighted by molar-refractivity contribution is 6.00. The fourth-order valence-electron chi connectivity index (χ4n) is 5.86. The SMILES string of the molecule is COc1ccc(CC(NC(=O)[C@H](C)NC(=O)CN2CCOCC2)(C(N)=O)[C@H](CC2CCCC2)C(=O)[C@H]2CO2)cc1. The number of hydrogen-bond acceptors (Lipinski definition) is 8. The first-order valence-electron chi connectivity index (χ1n) is 14.2. The number of methoxy groups -OCH3 is 1. The van der Waals surface area contributed by atoms with Crippen LogP contribution in [0.4, 0.5) is 0 Å². The molecular formula is C29H42N4O7. The topological polar surface area (TPSA) is 153 Å². The number of hydrogen-bond donors (Lipinski definition) is 3. The predicted octanol–water partition coefficient (Wildman–Crippen LogP) is 0.579. The molecule has 0 radical (unpaired) electrons. The molecule has 2 heterocycles. The monoisotopic (exact) mass is 558 g/mol. The number of epoxide rings is 1. The largest absolute Gasteiger partial charge is 0.497 e. The summed E-state index contributed by atoms with van der Waals surface area (Å²) in [6.07, 6.45) is 3.86. The van der Waals surface area contributed by atoms with Crippen LogP contribution in [0.5, 0.6) is 5.75 Å². The summed E-state index contributed by atoms with van der Waals surface area (Å²) in [5.41, 5.74) is 5.11. The molecule has 4 atom stereocenters. The molecule has 0 aromatic heterocycles. The smallest absolute Gasteiger partial charge is 0.244 e. The molecule has 1 aromatic carbocycles. The summed E-state index contributed by atoms with van der Waals surface area (Å²) >= 11 is 0. The molecule has 1 aliphatic carbocycles. The minimum Gasteiger partial charge on any atom is -0.497 e. The quantitative estimate of drug-likeness (QED) is 0.281. The van der Waals surface area contributed by atoms with Gasteiger partial charge in [0.25, 0.3) is 0 Å². The van der Waals surface area contributed by atoms with E-state index in [0.717, 1.165) is 25.7 Å². The first-order valence-corrected chi connectivity index (χ1v) is 14.2. The molecule has 0 spiro atoms. The van der Waals surface area contributed by atoms with Crippen LogP contribution in [-0.2, 0) is 35.1 Å². The summed E-state index contributed by atoms with van der Waals surface area (Å²) in [6.45, 7) is 4.36. The first-order chi connectivity index (χ1) is 19.2. The van der Waals surface area contributed by atoms with E-state index in [0.29, 0.717) is 50.6 Å². The average molecular weight is 559 g/mol. The second-order valence-electron chi connectivity index (χ2n) is 11.2. The van der Waals surface area contributed by atoms with E-state index in [-0.39, 0.29) is 30.6 Å². The Bertz CT molecular complexity index is 1050. The molecule has 40 heavy (non-hydrogen) atoms. The van der Waals surface area contributed by atoms with Crippen LogP contribution in [0, 0.1) is 11.8 Å². The molecule has 11 heteroatoms. The van der Waals surface area contributed by atoms with E-state index in [1.807, 2.05) is 4.90 Å². The molecule has 3 aliphatic rings. The van der Waals surface area contributed by atoms with E-state index < -0.39 is 35.4 Å². The van der Waals surface area contributed by atoms with Gasteiger partial charge in [-0.25, -0.2) is 0 Å². The summed E-state index contributed by atoms with van der Waals surface area (Å²) < 4.78 is 15.9. The first kappa shape index (κ1) is 30.0. The second-order valence-corrected chi connectivity index (χ2v) is 11.2. The maximum atomic E-state index is 13.7. The molecule has 0 bridgehead atoms. The Kier molecular flexibility index (Phi) is 10.2. The number of rotatable bonds is 14. The number of ether oxygens (including phenoxy) is 3. The van der Waals surface area contributed by atoms with Gasteiger partial charge >= 0.3 is 0 Å². The van der Waals surface area contributed by atoms with Crippen molar-refractivity contribution < 1.29 is 33.4 Å². The Morgan fingerprint density at radius 1 is 1.12 bits per heavy atom. The van der Waals surface area contributed by atoms with Crippen molar-refractivity contribution in [2.45, 2.75) is 63.1 Å². The van der Waals surface area contributed by atoms with Gasteiger partial charge in [0, 0.05) is 19.5 Å². The zero-order valence-corrected chi connectivity index (χ0v) is 23.5. The van der Waals surface area contributed by atoms with Crippen LogP contribution in [-0.4, -0.2) is 92.7 Å². The van der Waals surface area contributed by atoms with Crippen molar-refractivity contribution in [2.24, 2.45) is 17.6 Å². The van der Waals surface area contributed by atoms with Gasteiger partial charge in [-0.1, -0.05) is 37.8 Å². The fraction of sp³-hybridized carbons (Fsp3) is 0.655. The molecule has 1 saturated carbocycles. The van der Waals surface area contributed by atoms with Crippen molar-refractivity contribution in [1.82, 2.24) is 15.5 Å². The summed E-state index contributed by atoms with van der Waals surface area (Å²) in [6, 6.07) is 6.15. The second kappa shape index (κ2) is 13.6. The normalized spacial score (nSPS) is 22.5. The van der Waals surface area contributed by atoms with E-state index >= 15 is 0 Å². The third kappa shape index (κ3) is 7.58. The zero-order chi connectivity index (χ0) is 28.7. The third-order valence-electron chi connectivity index (χ3n) is 8.30. The van der Waals surface area contributed by atoms with Gasteiger partial charge in [0.05, 0.1) is 39.4 Å². The lowest BCUT2D eigenvalue weighted by Crippen LogP contribution is -2.67. The van der Waals surface area contributed by atoms with Crippen LogP contribution in [0.2, 0.25) is 0 Å². The number of carbonyl (C=O) groups excluding carboxylic acids is 4. The van der Waals surface area contributed by atoms with E-state index in [9.17, 15) is 19.2 Å². The molecule has 4 rings (SSSR count). The molecule has 11 nitrogen and oxygen atoms in total. The molecule has 2 saturated heterocycles. The van der Waals surface area contributed by atoms with Crippen molar-refractivity contribution >= 4 is 23.5 Å². The Balaban J connectivity index is 1.59. The highest BCUT2D eigenvalue weighted by atomic mass is 16.6. The van der Waals surface area contributed by atoms with Gasteiger partial charge in [-0.15, -0.1) is 0 Å². The van der Waals surface area contributed by atoms with Gasteiger partial charge in [-0.3, -0.25) is 24.1 Å². The van der Waals surface area contributed by atoms with Crippen LogP contribution in [0.1, 0.15) is 44.6 Å². The van der Waals surface area contributed by atoms with E-state index in [2.05, 4.69) is 10.6 Å². The van der Waals surface area contributed by atoms with Crippen molar-refractivity contribution in [1.29, 1.82) is 0 Å². The summed E-state index contributed by atoms with van der Waals surface area (Å²) in [7, 11) is 1.56. The van der Waals surface area contributed by atoms with Gasteiger partial charge in [0.15, 0.2) is 5.78 Å². The number of carbonyl (C=O) groups is 4. The number of primary amides is 1. The van der Waals surface area contributed by atoms with E-state index in [1.165, 1.54) is 0 Å². The van der Waals surface area contributed by atoms with Crippen LogP contribution < -0.4 is 21.1 Å². The Morgan fingerprint density at radius 2 is 1.77 bits per heavy atom. The van der Waals surface area contributed by atoms with Crippen molar-refractivity contribution in [3.05, 3.63) is 29.8 Å². The number of nitrogens with two attached hydrogens (primary N) is 1. The Hall–Kier alpha value is -3.02. The van der Waals surface area contributed by atoms with E-state index in [1.54, 1.807) is 38.3 Å². The molecule has 2 aliphatic heterocycles. The standard InChI is InChI=1S/C29H42N4O7/c1-19(31-25(34)17-33-11-13-39-14-12-33)27(36)32-29(28(30)37,16-21-7-9-22(38-2)10-8-21)23(26(35)24-18-40-24)15-20-5-3-4-6-20/h7-10,19-20,23-24H,3-6,11-18H2,1-2H3,(H2,30,37)(H,31,34)(H,32,36)/t19-,23+,24+,29?/m0/s1. The lowest BCUT2D eigenvalue weighted by Gasteiger charge is -2.40. The van der Waals surface area contributed by atoms with Crippen LogP contribution in [0.3, 0.4) is 0 Å². The highest BCUT2D eigenvalue weighted by Gasteiger charge is 2.53. The number of ketones is 1. The lowest BCUT2D eigenvalue weighted by molar-refractivity contribution is -0.141. The van der Waals surface area contributed by atoms with E-state index in [4.69, 9.17) is 19.9 Å². The molecule has 3 amide bonds. The minimum atomic E-state index is -1.71. The third-order valence-corrected chi connectivity index (χ3v) is 8.30. The molecular weight excluding hydrogens is 516 g/mol. The number of nitrogens with zero attached hydrogens (tertiary/aromatic N) is 1. The summed E-state index contributed by atoms with van der Waals surface area (Å²) in [5.74, 6) is -1.89. The summed E-state index contributed by atoms with van der Waals surface area (Å²) in [4.78, 5) is 55.4. The minimum absolute atomic E-state index is 0.0162. The highest BCUT2D eigenvalue weighted by Crippen LogP contribution is 2.38. The van der Waals surface area contributed by atoms with Gasteiger partial charge in [-0.05, 0) is 37.0 Å². The number of benzene rings is 1. The number of amides is 3. The Labute approximate surface area is 235 Å². The molecule has 1 unspecified atom stereocenters. The average Bonchev–Trinajstić information content (AvgIpc) is 3.67. The Morgan fingerprint density at radius 3 is 2.35 bits per heavy atom. The summed E-state index contributed by atoms with van der Waals surface area (Å²) in [5, 5.41) is 5.62. The van der Waals surface area contributed by atoms with Crippen LogP contribution >= 0.6 is 0 Å². The number of nitrogens with one attached hydrogen (secondary N) is 2. The predicted molar refractivity (Wildman–Crippen MR) is 146 cm³/mol. The van der Waals surface area contributed by atoms with Crippen molar-refractivity contribution in [2.75, 3.05) is 46.6 Å². The van der Waals surface area contributed by atoms with Gasteiger partial charge in [0.1, 0.15) is 23.4 Å². The maximum Gasteiger partial charge on any atom is 0.244 e. The molecule has 220 valence electrons. The van der Waals surface area contributed by atoms with Crippen LogP contribution in [0.15, 0.2) is 24.3 Å². The number of morpholine rings is 1. The molecule has 1 aromatic rings. The zero-order valence-electron chi connectivity index (χ0n) is 23.5. The molecule has 3 fully saturated rings. The lowest BCUT2D eigenvalue weighted by atomic mass is 9.71. The van der Waals surface area contributed by atoms with Gasteiger partial charge in [-0.2, -0.15) is 0 Å². The van der Waals surface area contributed by atoms with Crippen molar-refractivity contribution in [3.8, 4) is 5.75 Å². The van der Waals surface area contributed by atoms with Crippen molar-refractivity contribution in [3.63, 3.8) is 0 Å². The fourth-order valence-corrected chi connectivity index (χ4v) is 5.86. The van der Waals surface area contributed by atoms with Crippen LogP contribution in [0.25, 0.3) is 0 Å². The number of Topliss-reactive ketones (excluding diaryl/α,β-unsaturated/α-hetero) is 1. The van der Waals surface area contributed by atoms with Gasteiger partial charge in [0.2, 0.25) is 17.7 Å². The maximum absolute atomic E-state index is 13.7. The molecule has 4 N–H and O–H groups in total. The van der Waals surface area contributed by atoms with Gasteiger partial charge < -0.3 is 30.6 Å².